The van der Waals surface area contributed by atoms with Crippen LogP contribution in [0, 0.1) is 11.3 Å². The molecule has 0 aliphatic heterocycles. The first-order valence-electron chi connectivity index (χ1n) is 6.78. The van der Waals surface area contributed by atoms with E-state index in [1.54, 1.807) is 30.3 Å². The fourth-order valence-corrected chi connectivity index (χ4v) is 2.54. The molecule has 0 heterocycles. The average Bonchev–Trinajstić information content (AvgIpc) is 2.62. The van der Waals surface area contributed by atoms with Crippen molar-refractivity contribution in [3.63, 3.8) is 0 Å². The quantitative estimate of drug-likeness (QED) is 0.444. The molecule has 6 heteroatoms. The van der Waals surface area contributed by atoms with Gasteiger partial charge in [0.25, 0.3) is 0 Å². The van der Waals surface area contributed by atoms with Crippen molar-refractivity contribution >= 4 is 19.7 Å². The van der Waals surface area contributed by atoms with Gasteiger partial charge in [0.2, 0.25) is 0 Å². The van der Waals surface area contributed by atoms with E-state index < -0.39 is 7.82 Å². The van der Waals surface area contributed by atoms with Gasteiger partial charge in [-0.2, -0.15) is 5.26 Å². The molecule has 0 atom stereocenters. The van der Waals surface area contributed by atoms with Crippen molar-refractivity contribution in [2.45, 2.75) is 0 Å². The van der Waals surface area contributed by atoms with E-state index in [4.69, 9.17) is 18.8 Å². The summed E-state index contributed by atoms with van der Waals surface area (Å²) in [5, 5.41) is 8.88. The molecule has 0 saturated carbocycles. The van der Waals surface area contributed by atoms with Crippen LogP contribution in [0.4, 0.5) is 0 Å². The Kier molecular flexibility index (Phi) is 5.72. The number of phosphoric ester groups is 1. The Morgan fingerprint density at radius 2 is 1.65 bits per heavy atom. The molecule has 5 nitrogen and oxygen atoms in total. The lowest BCUT2D eigenvalue weighted by atomic mass is 10.1. The number of phosphoric acid groups is 1. The van der Waals surface area contributed by atoms with E-state index >= 15 is 0 Å². The molecule has 0 N–H and O–H groups in total. The number of nitrogens with zero attached hydrogens (tertiary/aromatic N) is 1. The summed E-state index contributed by atoms with van der Waals surface area (Å²) in [5.74, 6) is 0.327. The summed E-state index contributed by atoms with van der Waals surface area (Å²) in [7, 11) is -1.19. The predicted molar refractivity (Wildman–Crippen MR) is 88.2 cm³/mol. The SMILES string of the molecule is COP(=O)(OC)OC(=Cc1ccccc1)c1ccc(C#N)cc1. The molecule has 0 fully saturated rings. The van der Waals surface area contributed by atoms with Crippen LogP contribution in [0.25, 0.3) is 11.8 Å². The van der Waals surface area contributed by atoms with Gasteiger partial charge in [0, 0.05) is 19.8 Å². The number of hydrogen-bond donors (Lipinski definition) is 0. The van der Waals surface area contributed by atoms with Crippen molar-refractivity contribution in [3.8, 4) is 6.07 Å². The number of nitriles is 1. The van der Waals surface area contributed by atoms with Crippen molar-refractivity contribution in [1.82, 2.24) is 0 Å². The topological polar surface area (TPSA) is 68.6 Å². The Morgan fingerprint density at radius 1 is 1.04 bits per heavy atom. The van der Waals surface area contributed by atoms with Gasteiger partial charge >= 0.3 is 7.82 Å². The van der Waals surface area contributed by atoms with Gasteiger partial charge in [-0.3, -0.25) is 9.05 Å². The van der Waals surface area contributed by atoms with Crippen molar-refractivity contribution in [2.75, 3.05) is 14.2 Å². The molecule has 23 heavy (non-hydrogen) atoms. The van der Waals surface area contributed by atoms with Crippen LogP contribution in [0.15, 0.2) is 54.6 Å². The first-order chi connectivity index (χ1) is 11.1. The Morgan fingerprint density at radius 3 is 2.17 bits per heavy atom. The summed E-state index contributed by atoms with van der Waals surface area (Å²) < 4.78 is 27.5. The smallest absolute Gasteiger partial charge is 0.403 e. The first kappa shape index (κ1) is 17.0. The van der Waals surface area contributed by atoms with Gasteiger partial charge in [-0.05, 0) is 35.9 Å². The lowest BCUT2D eigenvalue weighted by Gasteiger charge is -2.17. The van der Waals surface area contributed by atoms with Crippen LogP contribution in [-0.2, 0) is 18.1 Å². The lowest BCUT2D eigenvalue weighted by Crippen LogP contribution is -1.96. The van der Waals surface area contributed by atoms with Gasteiger partial charge in [-0.1, -0.05) is 30.3 Å². The molecule has 0 spiro atoms. The summed E-state index contributed by atoms with van der Waals surface area (Å²) in [4.78, 5) is 0. The molecule has 118 valence electrons. The minimum absolute atomic E-state index is 0.327. The van der Waals surface area contributed by atoms with E-state index in [2.05, 4.69) is 0 Å². The Labute approximate surface area is 135 Å². The highest BCUT2D eigenvalue weighted by Gasteiger charge is 2.26. The lowest BCUT2D eigenvalue weighted by molar-refractivity contribution is 0.201. The number of rotatable bonds is 6. The maximum Gasteiger partial charge on any atom is 0.529 e. The predicted octanol–water partition coefficient (Wildman–Crippen LogP) is 4.47. The number of hydrogen-bond acceptors (Lipinski definition) is 5. The molecule has 2 rings (SSSR count). The van der Waals surface area contributed by atoms with Gasteiger partial charge in [0.05, 0.1) is 11.6 Å². The third-order valence-electron chi connectivity index (χ3n) is 3.05. The minimum atomic E-state index is -3.69. The molecule has 0 saturated heterocycles. The highest BCUT2D eigenvalue weighted by molar-refractivity contribution is 7.48. The zero-order valence-corrected chi connectivity index (χ0v) is 13.7. The average molecular weight is 329 g/mol. The van der Waals surface area contributed by atoms with Crippen molar-refractivity contribution in [2.24, 2.45) is 0 Å². The normalized spacial score (nSPS) is 11.8. The van der Waals surface area contributed by atoms with Gasteiger partial charge in [0.15, 0.2) is 0 Å². The highest BCUT2D eigenvalue weighted by atomic mass is 31.2. The first-order valence-corrected chi connectivity index (χ1v) is 8.24. The van der Waals surface area contributed by atoms with Crippen LogP contribution in [-0.4, -0.2) is 14.2 Å². The summed E-state index contributed by atoms with van der Waals surface area (Å²) in [6.07, 6.45) is 1.73. The van der Waals surface area contributed by atoms with Crippen LogP contribution in [0.5, 0.6) is 0 Å². The molecule has 0 unspecified atom stereocenters. The summed E-state index contributed by atoms with van der Waals surface area (Å²) in [6, 6.07) is 18.2. The number of benzene rings is 2. The summed E-state index contributed by atoms with van der Waals surface area (Å²) in [6.45, 7) is 0. The van der Waals surface area contributed by atoms with Crippen molar-refractivity contribution in [1.29, 1.82) is 5.26 Å². The van der Waals surface area contributed by atoms with Crippen molar-refractivity contribution in [3.05, 3.63) is 71.3 Å². The van der Waals surface area contributed by atoms with E-state index in [0.29, 0.717) is 16.9 Å². The van der Waals surface area contributed by atoms with Crippen LogP contribution >= 0.6 is 7.82 Å². The zero-order valence-electron chi connectivity index (χ0n) is 12.8. The standard InChI is InChI=1S/C17H16NO4P/c1-20-23(19,21-2)22-17(12-14-6-4-3-5-7-14)16-10-8-15(13-18)9-11-16/h3-12H,1-2H3. The Hall–Kier alpha value is -2.38. The molecule has 0 aliphatic carbocycles. The monoisotopic (exact) mass is 329 g/mol. The fourth-order valence-electron chi connectivity index (χ4n) is 1.84. The van der Waals surface area contributed by atoms with Crippen LogP contribution in [0.1, 0.15) is 16.7 Å². The van der Waals surface area contributed by atoms with E-state index in [-0.39, 0.29) is 0 Å². The second kappa shape index (κ2) is 7.75. The molecule has 2 aromatic rings. The maximum absolute atomic E-state index is 12.3. The van der Waals surface area contributed by atoms with Crippen LogP contribution < -0.4 is 0 Å². The third-order valence-corrected chi connectivity index (χ3v) is 4.37. The van der Waals surface area contributed by atoms with E-state index in [0.717, 1.165) is 5.56 Å². The Bertz CT molecular complexity index is 755. The molecular formula is C17H16NO4P. The molecule has 0 amide bonds. The van der Waals surface area contributed by atoms with Crippen LogP contribution in [0.2, 0.25) is 0 Å². The maximum atomic E-state index is 12.3. The highest BCUT2D eigenvalue weighted by Crippen LogP contribution is 2.51. The second-order valence-corrected chi connectivity index (χ2v) is 6.32. The van der Waals surface area contributed by atoms with Gasteiger partial charge in [-0.15, -0.1) is 0 Å². The fraction of sp³-hybridized carbons (Fsp3) is 0.118. The van der Waals surface area contributed by atoms with Gasteiger partial charge in [-0.25, -0.2) is 4.57 Å². The summed E-state index contributed by atoms with van der Waals surface area (Å²) >= 11 is 0. The molecular weight excluding hydrogens is 313 g/mol. The zero-order chi connectivity index (χ0) is 16.7. The van der Waals surface area contributed by atoms with Crippen molar-refractivity contribution < 1.29 is 18.1 Å². The molecule has 0 radical (unpaired) electrons. The largest absolute Gasteiger partial charge is 0.529 e. The van der Waals surface area contributed by atoms with Gasteiger partial charge < -0.3 is 4.52 Å². The third kappa shape index (κ3) is 4.54. The molecule has 0 bridgehead atoms. The second-order valence-electron chi connectivity index (χ2n) is 4.51. The molecule has 2 aromatic carbocycles. The molecule has 0 aliphatic rings. The Balaban J connectivity index is 2.44. The van der Waals surface area contributed by atoms with Crippen LogP contribution in [0.3, 0.4) is 0 Å². The minimum Gasteiger partial charge on any atom is -0.403 e. The molecule has 0 aromatic heterocycles. The van der Waals surface area contributed by atoms with E-state index in [9.17, 15) is 4.57 Å². The van der Waals surface area contributed by atoms with Gasteiger partial charge in [0.1, 0.15) is 5.76 Å². The summed E-state index contributed by atoms with van der Waals surface area (Å²) in [5.41, 5.74) is 2.04. The van der Waals surface area contributed by atoms with E-state index in [1.165, 1.54) is 14.2 Å². The van der Waals surface area contributed by atoms with E-state index in [1.807, 2.05) is 36.4 Å².